The fourth-order valence-corrected chi connectivity index (χ4v) is 3.57. The predicted molar refractivity (Wildman–Crippen MR) is 86.9 cm³/mol. The van der Waals surface area contributed by atoms with Crippen LogP contribution in [0.3, 0.4) is 0 Å². The number of likely N-dealkylation sites (tertiary alicyclic amines) is 1. The number of rotatable bonds is 5. The average Bonchev–Trinajstić information content (AvgIpc) is 3.05. The zero-order valence-electron chi connectivity index (χ0n) is 13.2. The minimum atomic E-state index is -0.162. The van der Waals surface area contributed by atoms with Crippen LogP contribution in [0.5, 0.6) is 0 Å². The zero-order chi connectivity index (χ0) is 15.9. The highest BCUT2D eigenvalue weighted by molar-refractivity contribution is 7.09. The summed E-state index contributed by atoms with van der Waals surface area (Å²) in [5.41, 5.74) is 0. The number of esters is 1. The monoisotopic (exact) mass is 324 g/mol. The molecule has 2 heterocycles. The molecule has 22 heavy (non-hydrogen) atoms. The Balaban J connectivity index is 1.68. The van der Waals surface area contributed by atoms with Crippen LogP contribution in [0, 0.1) is 11.8 Å². The van der Waals surface area contributed by atoms with Crippen LogP contribution in [0.4, 0.5) is 4.79 Å². The van der Waals surface area contributed by atoms with Crippen LogP contribution in [-0.2, 0) is 16.0 Å². The first-order valence-electron chi connectivity index (χ1n) is 7.73. The Kier molecular flexibility index (Phi) is 6.24. The normalized spacial score (nSPS) is 17.1. The van der Waals surface area contributed by atoms with Gasteiger partial charge < -0.3 is 15.0 Å². The molecule has 1 unspecified atom stereocenters. The van der Waals surface area contributed by atoms with Crippen LogP contribution in [0.1, 0.15) is 24.6 Å². The van der Waals surface area contributed by atoms with Crippen molar-refractivity contribution in [3.05, 3.63) is 22.4 Å². The minimum absolute atomic E-state index is 0.0265. The van der Waals surface area contributed by atoms with E-state index < -0.39 is 0 Å². The maximum absolute atomic E-state index is 12.2. The highest BCUT2D eigenvalue weighted by Gasteiger charge is 2.27. The SMILES string of the molecule is COC(=O)C1CCN(C(=O)NCC(C)Cc2cccs2)CC1. The Morgan fingerprint density at radius 2 is 2.18 bits per heavy atom. The molecular formula is C16H24N2O3S. The van der Waals surface area contributed by atoms with Gasteiger partial charge in [0.15, 0.2) is 0 Å². The standard InChI is InChI=1S/C16H24N2O3S/c1-12(10-14-4-3-9-22-14)11-17-16(20)18-7-5-13(6-8-18)15(19)21-2/h3-4,9,12-13H,5-8,10-11H2,1-2H3,(H,17,20). The fraction of sp³-hybridized carbons (Fsp3) is 0.625. The van der Waals surface area contributed by atoms with E-state index in [1.807, 2.05) is 0 Å². The number of hydrogen-bond donors (Lipinski definition) is 1. The number of carbonyl (C=O) groups excluding carboxylic acids is 2. The van der Waals surface area contributed by atoms with E-state index in [9.17, 15) is 9.59 Å². The fourth-order valence-electron chi connectivity index (χ4n) is 2.70. The number of carbonyl (C=O) groups is 2. The molecule has 1 aromatic heterocycles. The minimum Gasteiger partial charge on any atom is -0.469 e. The molecule has 5 nitrogen and oxygen atoms in total. The van der Waals surface area contributed by atoms with Gasteiger partial charge >= 0.3 is 12.0 Å². The van der Waals surface area contributed by atoms with E-state index in [4.69, 9.17) is 4.74 Å². The van der Waals surface area contributed by atoms with Crippen LogP contribution >= 0.6 is 11.3 Å². The summed E-state index contributed by atoms with van der Waals surface area (Å²) in [5.74, 6) is 0.187. The molecule has 6 heteroatoms. The summed E-state index contributed by atoms with van der Waals surface area (Å²) in [6.07, 6.45) is 2.36. The van der Waals surface area contributed by atoms with E-state index in [1.165, 1.54) is 12.0 Å². The van der Waals surface area contributed by atoms with E-state index in [-0.39, 0.29) is 17.9 Å². The van der Waals surface area contributed by atoms with Gasteiger partial charge in [0.05, 0.1) is 13.0 Å². The maximum Gasteiger partial charge on any atom is 0.317 e. The topological polar surface area (TPSA) is 58.6 Å². The van der Waals surface area contributed by atoms with Crippen molar-refractivity contribution < 1.29 is 14.3 Å². The summed E-state index contributed by atoms with van der Waals surface area (Å²) in [6.45, 7) is 4.05. The summed E-state index contributed by atoms with van der Waals surface area (Å²) in [7, 11) is 1.41. The number of amides is 2. The number of thiophene rings is 1. The van der Waals surface area contributed by atoms with Crippen molar-refractivity contribution >= 4 is 23.3 Å². The molecule has 0 aliphatic carbocycles. The Labute approximate surface area is 135 Å². The second-order valence-electron chi connectivity index (χ2n) is 5.86. The number of urea groups is 1. The van der Waals surface area contributed by atoms with Crippen LogP contribution in [0.2, 0.25) is 0 Å². The zero-order valence-corrected chi connectivity index (χ0v) is 14.0. The van der Waals surface area contributed by atoms with Gasteiger partial charge in [-0.3, -0.25) is 4.79 Å². The summed E-state index contributed by atoms with van der Waals surface area (Å²) in [5, 5.41) is 5.07. The number of nitrogens with zero attached hydrogens (tertiary/aromatic N) is 1. The third-order valence-electron chi connectivity index (χ3n) is 4.05. The summed E-state index contributed by atoms with van der Waals surface area (Å²) < 4.78 is 4.76. The van der Waals surface area contributed by atoms with Gasteiger partial charge in [0, 0.05) is 24.5 Å². The van der Waals surface area contributed by atoms with Gasteiger partial charge in [0.1, 0.15) is 0 Å². The molecule has 122 valence electrons. The smallest absolute Gasteiger partial charge is 0.317 e. The molecule has 1 saturated heterocycles. The van der Waals surface area contributed by atoms with E-state index >= 15 is 0 Å². The lowest BCUT2D eigenvalue weighted by Crippen LogP contribution is -2.46. The van der Waals surface area contributed by atoms with Crippen LogP contribution in [0.25, 0.3) is 0 Å². The molecule has 2 amide bonds. The molecule has 2 rings (SSSR count). The van der Waals surface area contributed by atoms with E-state index in [1.54, 1.807) is 16.2 Å². The lowest BCUT2D eigenvalue weighted by molar-refractivity contribution is -0.146. The van der Waals surface area contributed by atoms with Gasteiger partial charge in [-0.2, -0.15) is 0 Å². The van der Waals surface area contributed by atoms with E-state index in [2.05, 4.69) is 29.8 Å². The number of nitrogens with one attached hydrogen (secondary N) is 1. The van der Waals surface area contributed by atoms with Gasteiger partial charge in [-0.25, -0.2) is 4.79 Å². The van der Waals surface area contributed by atoms with Crippen molar-refractivity contribution in [2.45, 2.75) is 26.2 Å². The Morgan fingerprint density at radius 3 is 2.77 bits per heavy atom. The lowest BCUT2D eigenvalue weighted by atomic mass is 9.97. The molecule has 1 aliphatic rings. The van der Waals surface area contributed by atoms with Crippen molar-refractivity contribution in [3.8, 4) is 0 Å². The Hall–Kier alpha value is -1.56. The van der Waals surface area contributed by atoms with Crippen molar-refractivity contribution in [1.82, 2.24) is 10.2 Å². The highest BCUT2D eigenvalue weighted by Crippen LogP contribution is 2.18. The van der Waals surface area contributed by atoms with Gasteiger partial charge in [-0.15, -0.1) is 11.3 Å². The van der Waals surface area contributed by atoms with Crippen molar-refractivity contribution in [2.75, 3.05) is 26.7 Å². The molecule has 0 bridgehead atoms. The summed E-state index contributed by atoms with van der Waals surface area (Å²) >= 11 is 1.75. The van der Waals surface area contributed by atoms with Crippen molar-refractivity contribution in [2.24, 2.45) is 11.8 Å². The number of methoxy groups -OCH3 is 1. The lowest BCUT2D eigenvalue weighted by Gasteiger charge is -2.31. The van der Waals surface area contributed by atoms with Crippen LogP contribution < -0.4 is 5.32 Å². The molecule has 0 saturated carbocycles. The van der Waals surface area contributed by atoms with E-state index in [0.717, 1.165) is 6.42 Å². The van der Waals surface area contributed by atoms with Gasteiger partial charge in [0.25, 0.3) is 0 Å². The molecule has 1 aromatic rings. The third-order valence-corrected chi connectivity index (χ3v) is 4.95. The van der Waals surface area contributed by atoms with Gasteiger partial charge in [0.2, 0.25) is 0 Å². The van der Waals surface area contributed by atoms with Crippen LogP contribution in [0.15, 0.2) is 17.5 Å². The average molecular weight is 324 g/mol. The quantitative estimate of drug-likeness (QED) is 0.847. The predicted octanol–water partition coefficient (Wildman–Crippen LogP) is 2.52. The second-order valence-corrected chi connectivity index (χ2v) is 6.89. The molecular weight excluding hydrogens is 300 g/mol. The number of piperidine rings is 1. The molecule has 1 N–H and O–H groups in total. The molecule has 1 atom stereocenters. The van der Waals surface area contributed by atoms with Gasteiger partial charge in [-0.1, -0.05) is 13.0 Å². The third kappa shape index (κ3) is 4.73. The molecule has 1 fully saturated rings. The Morgan fingerprint density at radius 1 is 1.45 bits per heavy atom. The first kappa shape index (κ1) is 16.8. The molecule has 1 aliphatic heterocycles. The Bertz CT molecular complexity index is 482. The summed E-state index contributed by atoms with van der Waals surface area (Å²) in [4.78, 5) is 26.8. The second kappa shape index (κ2) is 8.17. The first-order chi connectivity index (χ1) is 10.6. The maximum atomic E-state index is 12.2. The number of hydrogen-bond acceptors (Lipinski definition) is 4. The highest BCUT2D eigenvalue weighted by atomic mass is 32.1. The van der Waals surface area contributed by atoms with Gasteiger partial charge in [-0.05, 0) is 36.6 Å². The molecule has 0 radical (unpaired) electrons. The van der Waals surface area contributed by atoms with Crippen molar-refractivity contribution in [3.63, 3.8) is 0 Å². The van der Waals surface area contributed by atoms with Crippen molar-refractivity contribution in [1.29, 1.82) is 0 Å². The van der Waals surface area contributed by atoms with Crippen LogP contribution in [-0.4, -0.2) is 43.6 Å². The number of ether oxygens (including phenoxy) is 1. The largest absolute Gasteiger partial charge is 0.469 e. The van der Waals surface area contributed by atoms with E-state index in [0.29, 0.717) is 38.4 Å². The molecule has 0 spiro atoms. The summed E-state index contributed by atoms with van der Waals surface area (Å²) in [6, 6.07) is 4.15. The first-order valence-corrected chi connectivity index (χ1v) is 8.61. The molecule has 0 aromatic carbocycles.